The third-order valence-electron chi connectivity index (χ3n) is 2.45. The van der Waals surface area contributed by atoms with E-state index in [4.69, 9.17) is 5.26 Å². The molecule has 16 heavy (non-hydrogen) atoms. The molecule has 1 rings (SSSR count). The normalized spacial score (nSPS) is 12.2. The molecule has 1 unspecified atom stereocenters. The Kier molecular flexibility index (Phi) is 4.51. The van der Waals surface area contributed by atoms with Gasteiger partial charge in [0.25, 0.3) is 0 Å². The minimum Gasteiger partial charge on any atom is -0.340 e. The Labute approximate surface area is 100 Å². The van der Waals surface area contributed by atoms with Crippen LogP contribution in [0.3, 0.4) is 0 Å². The number of amides is 1. The first-order chi connectivity index (χ1) is 7.56. The fourth-order valence-corrected chi connectivity index (χ4v) is 2.12. The molecule has 0 aromatic carbocycles. The largest absolute Gasteiger partial charge is 0.340 e. The van der Waals surface area contributed by atoms with Crippen LogP contribution in [0.4, 0.5) is 0 Å². The lowest BCUT2D eigenvalue weighted by Crippen LogP contribution is -2.34. The van der Waals surface area contributed by atoms with Crippen LogP contribution in [0.25, 0.3) is 0 Å². The predicted molar refractivity (Wildman–Crippen MR) is 64.7 cm³/mol. The van der Waals surface area contributed by atoms with Crippen LogP contribution in [0.2, 0.25) is 0 Å². The van der Waals surface area contributed by atoms with E-state index in [0.717, 1.165) is 5.56 Å². The monoisotopic (exact) mass is 236 g/mol. The number of hydrogen-bond acceptors (Lipinski definition) is 3. The topological polar surface area (TPSA) is 44.1 Å². The molecule has 0 bridgehead atoms. The van der Waals surface area contributed by atoms with Crippen molar-refractivity contribution in [1.29, 1.82) is 5.26 Å². The van der Waals surface area contributed by atoms with Crippen molar-refractivity contribution in [1.82, 2.24) is 4.90 Å². The number of carbonyl (C=O) groups is 1. The molecule has 86 valence electrons. The standard InChI is InChI=1S/C12H16N2OS/c1-9(2)11(6-13)12(15)14(3)7-10-4-5-16-8-10/h4-5,8-9,11H,7H2,1-3H3. The summed E-state index contributed by atoms with van der Waals surface area (Å²) in [6.07, 6.45) is 0. The van der Waals surface area contributed by atoms with Crippen molar-refractivity contribution in [3.63, 3.8) is 0 Å². The molecular weight excluding hydrogens is 220 g/mol. The molecule has 1 aromatic heterocycles. The summed E-state index contributed by atoms with van der Waals surface area (Å²) < 4.78 is 0. The van der Waals surface area contributed by atoms with Crippen LogP contribution in [0, 0.1) is 23.2 Å². The van der Waals surface area contributed by atoms with Crippen LogP contribution in [0.1, 0.15) is 19.4 Å². The van der Waals surface area contributed by atoms with Crippen LogP contribution in [0.5, 0.6) is 0 Å². The van der Waals surface area contributed by atoms with Crippen molar-refractivity contribution >= 4 is 17.2 Å². The van der Waals surface area contributed by atoms with Crippen molar-refractivity contribution in [3.8, 4) is 6.07 Å². The number of nitrogens with zero attached hydrogens (tertiary/aromatic N) is 2. The van der Waals surface area contributed by atoms with Crippen molar-refractivity contribution in [2.24, 2.45) is 11.8 Å². The van der Waals surface area contributed by atoms with Gasteiger partial charge in [0, 0.05) is 13.6 Å². The maximum atomic E-state index is 11.9. The molecule has 0 aliphatic carbocycles. The summed E-state index contributed by atoms with van der Waals surface area (Å²) in [6.45, 7) is 4.36. The van der Waals surface area contributed by atoms with E-state index < -0.39 is 5.92 Å². The Morgan fingerprint density at radius 1 is 1.62 bits per heavy atom. The minimum absolute atomic E-state index is 0.0578. The molecule has 0 saturated heterocycles. The van der Waals surface area contributed by atoms with Crippen LogP contribution < -0.4 is 0 Å². The molecule has 0 fully saturated rings. The van der Waals surface area contributed by atoms with Gasteiger partial charge in [-0.25, -0.2) is 0 Å². The number of thiophene rings is 1. The van der Waals surface area contributed by atoms with E-state index in [2.05, 4.69) is 6.07 Å². The molecule has 1 heterocycles. The van der Waals surface area contributed by atoms with E-state index in [1.807, 2.05) is 30.7 Å². The lowest BCUT2D eigenvalue weighted by Gasteiger charge is -2.21. The molecule has 1 aromatic rings. The van der Waals surface area contributed by atoms with Crippen LogP contribution in [-0.4, -0.2) is 17.9 Å². The second kappa shape index (κ2) is 5.66. The summed E-state index contributed by atoms with van der Waals surface area (Å²) in [5, 5.41) is 12.9. The third-order valence-corrected chi connectivity index (χ3v) is 3.18. The van der Waals surface area contributed by atoms with E-state index in [-0.39, 0.29) is 11.8 Å². The highest BCUT2D eigenvalue weighted by Gasteiger charge is 2.24. The molecule has 0 spiro atoms. The number of hydrogen-bond donors (Lipinski definition) is 0. The van der Waals surface area contributed by atoms with Crippen LogP contribution >= 0.6 is 11.3 Å². The predicted octanol–water partition coefficient (Wildman–Crippen LogP) is 2.50. The first kappa shape index (κ1) is 12.7. The zero-order chi connectivity index (χ0) is 12.1. The summed E-state index contributed by atoms with van der Waals surface area (Å²) in [4.78, 5) is 13.6. The van der Waals surface area contributed by atoms with Crippen LogP contribution in [0.15, 0.2) is 16.8 Å². The Hall–Kier alpha value is -1.34. The molecule has 0 radical (unpaired) electrons. The van der Waals surface area contributed by atoms with Gasteiger partial charge in [-0.3, -0.25) is 4.79 Å². The highest BCUT2D eigenvalue weighted by Crippen LogP contribution is 2.15. The Morgan fingerprint density at radius 2 is 2.31 bits per heavy atom. The highest BCUT2D eigenvalue weighted by atomic mass is 32.1. The van der Waals surface area contributed by atoms with E-state index >= 15 is 0 Å². The summed E-state index contributed by atoms with van der Waals surface area (Å²) >= 11 is 1.61. The summed E-state index contributed by atoms with van der Waals surface area (Å²) in [5.74, 6) is -0.574. The lowest BCUT2D eigenvalue weighted by molar-refractivity contribution is -0.134. The molecule has 3 nitrogen and oxygen atoms in total. The van der Waals surface area contributed by atoms with Crippen molar-refractivity contribution in [2.75, 3.05) is 7.05 Å². The van der Waals surface area contributed by atoms with Gasteiger partial charge < -0.3 is 4.90 Å². The SMILES string of the molecule is CC(C)C(C#N)C(=O)N(C)Cc1ccsc1. The van der Waals surface area contributed by atoms with Gasteiger partial charge in [-0.2, -0.15) is 16.6 Å². The van der Waals surface area contributed by atoms with Crippen LogP contribution in [-0.2, 0) is 11.3 Å². The van der Waals surface area contributed by atoms with E-state index in [1.54, 1.807) is 23.3 Å². The first-order valence-corrected chi connectivity index (χ1v) is 6.16. The molecule has 0 N–H and O–H groups in total. The lowest BCUT2D eigenvalue weighted by atomic mass is 9.96. The Morgan fingerprint density at radius 3 is 2.75 bits per heavy atom. The van der Waals surface area contributed by atoms with Gasteiger partial charge >= 0.3 is 0 Å². The maximum absolute atomic E-state index is 11.9. The zero-order valence-corrected chi connectivity index (χ0v) is 10.6. The Balaban J connectivity index is 2.64. The second-order valence-electron chi connectivity index (χ2n) is 4.18. The van der Waals surface area contributed by atoms with Gasteiger partial charge in [-0.05, 0) is 28.3 Å². The third kappa shape index (κ3) is 3.07. The average molecular weight is 236 g/mol. The number of rotatable bonds is 4. The maximum Gasteiger partial charge on any atom is 0.240 e. The number of carbonyl (C=O) groups excluding carboxylic acids is 1. The summed E-state index contributed by atoms with van der Waals surface area (Å²) in [6, 6.07) is 4.06. The average Bonchev–Trinajstić information content (AvgIpc) is 2.70. The minimum atomic E-state index is -0.538. The van der Waals surface area contributed by atoms with E-state index in [9.17, 15) is 4.79 Å². The van der Waals surface area contributed by atoms with Crippen molar-refractivity contribution < 1.29 is 4.79 Å². The van der Waals surface area contributed by atoms with Gasteiger partial charge in [0.05, 0.1) is 6.07 Å². The van der Waals surface area contributed by atoms with Crippen molar-refractivity contribution in [2.45, 2.75) is 20.4 Å². The number of nitriles is 1. The zero-order valence-electron chi connectivity index (χ0n) is 9.80. The van der Waals surface area contributed by atoms with E-state index in [0.29, 0.717) is 6.54 Å². The molecule has 1 atom stereocenters. The van der Waals surface area contributed by atoms with Gasteiger partial charge in [0.2, 0.25) is 5.91 Å². The molecule has 4 heteroatoms. The van der Waals surface area contributed by atoms with Gasteiger partial charge in [0.15, 0.2) is 0 Å². The summed E-state index contributed by atoms with van der Waals surface area (Å²) in [5.41, 5.74) is 1.11. The highest BCUT2D eigenvalue weighted by molar-refractivity contribution is 7.07. The smallest absolute Gasteiger partial charge is 0.240 e. The Bertz CT molecular complexity index is 378. The fourth-order valence-electron chi connectivity index (χ4n) is 1.46. The molecule has 0 aliphatic rings. The quantitative estimate of drug-likeness (QED) is 0.806. The molecule has 1 amide bonds. The molecule has 0 saturated carbocycles. The van der Waals surface area contributed by atoms with E-state index in [1.165, 1.54) is 0 Å². The second-order valence-corrected chi connectivity index (χ2v) is 4.96. The molecular formula is C12H16N2OS. The van der Waals surface area contributed by atoms with Gasteiger partial charge in [0.1, 0.15) is 5.92 Å². The first-order valence-electron chi connectivity index (χ1n) is 5.22. The van der Waals surface area contributed by atoms with Crippen molar-refractivity contribution in [3.05, 3.63) is 22.4 Å². The molecule has 0 aliphatic heterocycles. The fraction of sp³-hybridized carbons (Fsp3) is 0.500. The summed E-state index contributed by atoms with van der Waals surface area (Å²) in [7, 11) is 1.74. The van der Waals surface area contributed by atoms with Gasteiger partial charge in [-0.15, -0.1) is 0 Å². The van der Waals surface area contributed by atoms with Gasteiger partial charge in [-0.1, -0.05) is 13.8 Å².